The Morgan fingerprint density at radius 2 is 1.92 bits per heavy atom. The SMILES string of the molecule is COC(=O)N1[C@H]2CC[C@H]1CC(=O)C2. The Morgan fingerprint density at radius 3 is 2.38 bits per heavy atom. The molecule has 0 radical (unpaired) electrons. The minimum atomic E-state index is -0.278. The Labute approximate surface area is 76.8 Å². The molecule has 0 unspecified atom stereocenters. The quantitative estimate of drug-likeness (QED) is 0.561. The van der Waals surface area contributed by atoms with Crippen molar-refractivity contribution in [3.8, 4) is 0 Å². The first kappa shape index (κ1) is 8.53. The van der Waals surface area contributed by atoms with Crippen molar-refractivity contribution in [1.29, 1.82) is 0 Å². The molecule has 72 valence electrons. The Bertz CT molecular complexity index is 235. The number of ketones is 1. The largest absolute Gasteiger partial charge is 0.453 e. The van der Waals surface area contributed by atoms with Gasteiger partial charge in [-0.2, -0.15) is 0 Å². The summed E-state index contributed by atoms with van der Waals surface area (Å²) < 4.78 is 4.68. The summed E-state index contributed by atoms with van der Waals surface area (Å²) in [5, 5.41) is 0. The molecule has 2 atom stereocenters. The Hall–Kier alpha value is -1.06. The van der Waals surface area contributed by atoms with Gasteiger partial charge in [-0.1, -0.05) is 0 Å². The third-order valence-corrected chi connectivity index (χ3v) is 2.93. The van der Waals surface area contributed by atoms with E-state index in [1.54, 1.807) is 4.90 Å². The van der Waals surface area contributed by atoms with Crippen molar-refractivity contribution >= 4 is 11.9 Å². The molecule has 4 nitrogen and oxygen atoms in total. The molecule has 4 heteroatoms. The number of methoxy groups -OCH3 is 1. The van der Waals surface area contributed by atoms with Gasteiger partial charge in [-0.25, -0.2) is 4.79 Å². The minimum Gasteiger partial charge on any atom is -0.453 e. The molecule has 2 saturated heterocycles. The summed E-state index contributed by atoms with van der Waals surface area (Å²) in [4.78, 5) is 24.3. The highest BCUT2D eigenvalue weighted by molar-refractivity contribution is 5.83. The van der Waals surface area contributed by atoms with Gasteiger partial charge in [0.2, 0.25) is 0 Å². The molecule has 2 bridgehead atoms. The lowest BCUT2D eigenvalue weighted by atomic mass is 10.0. The summed E-state index contributed by atoms with van der Waals surface area (Å²) in [5.74, 6) is 0.285. The molecule has 2 rings (SSSR count). The van der Waals surface area contributed by atoms with Gasteiger partial charge >= 0.3 is 6.09 Å². The molecule has 0 saturated carbocycles. The van der Waals surface area contributed by atoms with Gasteiger partial charge in [0.25, 0.3) is 0 Å². The van der Waals surface area contributed by atoms with Crippen LogP contribution < -0.4 is 0 Å². The Kier molecular flexibility index (Phi) is 1.98. The number of piperidine rings is 1. The van der Waals surface area contributed by atoms with E-state index in [2.05, 4.69) is 4.74 Å². The maximum absolute atomic E-state index is 11.3. The molecule has 0 spiro atoms. The maximum atomic E-state index is 11.3. The van der Waals surface area contributed by atoms with Crippen LogP contribution in [0.15, 0.2) is 0 Å². The molecule has 2 heterocycles. The van der Waals surface area contributed by atoms with Gasteiger partial charge in [0.05, 0.1) is 7.11 Å². The second kappa shape index (κ2) is 3.01. The van der Waals surface area contributed by atoms with E-state index >= 15 is 0 Å². The van der Waals surface area contributed by atoms with Crippen LogP contribution in [0, 0.1) is 0 Å². The number of hydrogen-bond donors (Lipinski definition) is 0. The number of amides is 1. The van der Waals surface area contributed by atoms with Crippen molar-refractivity contribution in [3.63, 3.8) is 0 Å². The van der Waals surface area contributed by atoms with E-state index in [-0.39, 0.29) is 24.0 Å². The van der Waals surface area contributed by atoms with Crippen molar-refractivity contribution in [2.24, 2.45) is 0 Å². The predicted molar refractivity (Wildman–Crippen MR) is 45.3 cm³/mol. The predicted octanol–water partition coefficient (Wildman–Crippen LogP) is 0.949. The van der Waals surface area contributed by atoms with E-state index in [0.29, 0.717) is 12.8 Å². The van der Waals surface area contributed by atoms with Gasteiger partial charge < -0.3 is 9.64 Å². The van der Waals surface area contributed by atoms with Crippen LogP contribution >= 0.6 is 0 Å². The third-order valence-electron chi connectivity index (χ3n) is 2.93. The fourth-order valence-electron chi connectivity index (χ4n) is 2.37. The molecule has 0 aromatic carbocycles. The molecule has 2 fully saturated rings. The summed E-state index contributed by atoms with van der Waals surface area (Å²) in [6.45, 7) is 0. The summed E-state index contributed by atoms with van der Waals surface area (Å²) in [5.41, 5.74) is 0. The van der Waals surface area contributed by atoms with Crippen LogP contribution in [0.2, 0.25) is 0 Å². The van der Waals surface area contributed by atoms with Gasteiger partial charge in [-0.15, -0.1) is 0 Å². The second-order valence-electron chi connectivity index (χ2n) is 3.71. The lowest BCUT2D eigenvalue weighted by Gasteiger charge is -2.32. The summed E-state index contributed by atoms with van der Waals surface area (Å²) in [6, 6.07) is 0.220. The minimum absolute atomic E-state index is 0.110. The molecular weight excluding hydrogens is 170 g/mol. The van der Waals surface area contributed by atoms with Crippen molar-refractivity contribution < 1.29 is 14.3 Å². The maximum Gasteiger partial charge on any atom is 0.410 e. The highest BCUT2D eigenvalue weighted by Crippen LogP contribution is 2.34. The van der Waals surface area contributed by atoms with Crippen LogP contribution in [-0.2, 0) is 9.53 Å². The highest BCUT2D eigenvalue weighted by Gasteiger charge is 2.43. The smallest absolute Gasteiger partial charge is 0.410 e. The molecule has 0 aromatic heterocycles. The number of nitrogens with zero attached hydrogens (tertiary/aromatic N) is 1. The number of fused-ring (bicyclic) bond motifs is 2. The zero-order valence-electron chi connectivity index (χ0n) is 7.66. The number of carbonyl (C=O) groups excluding carboxylic acids is 2. The lowest BCUT2D eigenvalue weighted by molar-refractivity contribution is -0.122. The van der Waals surface area contributed by atoms with Crippen molar-refractivity contribution in [1.82, 2.24) is 4.90 Å². The second-order valence-corrected chi connectivity index (χ2v) is 3.71. The molecule has 0 aliphatic carbocycles. The van der Waals surface area contributed by atoms with Crippen LogP contribution in [0.1, 0.15) is 25.7 Å². The number of carbonyl (C=O) groups is 2. The number of ether oxygens (including phenoxy) is 1. The monoisotopic (exact) mass is 183 g/mol. The normalized spacial score (nSPS) is 32.1. The Morgan fingerprint density at radius 1 is 1.38 bits per heavy atom. The first-order valence-corrected chi connectivity index (χ1v) is 4.60. The molecule has 2 aliphatic rings. The van der Waals surface area contributed by atoms with Crippen LogP contribution in [0.5, 0.6) is 0 Å². The van der Waals surface area contributed by atoms with E-state index in [9.17, 15) is 9.59 Å². The van der Waals surface area contributed by atoms with Crippen LogP contribution in [-0.4, -0.2) is 36.0 Å². The van der Waals surface area contributed by atoms with Crippen LogP contribution in [0.4, 0.5) is 4.79 Å². The average molecular weight is 183 g/mol. The van der Waals surface area contributed by atoms with Crippen LogP contribution in [0.3, 0.4) is 0 Å². The lowest BCUT2D eigenvalue weighted by Crippen LogP contribution is -2.46. The van der Waals surface area contributed by atoms with Gasteiger partial charge in [-0.05, 0) is 12.8 Å². The van der Waals surface area contributed by atoms with Crippen molar-refractivity contribution in [2.75, 3.05) is 7.11 Å². The average Bonchev–Trinajstić information content (AvgIpc) is 2.37. The summed E-state index contributed by atoms with van der Waals surface area (Å²) in [6.07, 6.45) is 2.66. The number of Topliss-reactive ketones (excluding diaryl/α,β-unsaturated/α-hetero) is 1. The van der Waals surface area contributed by atoms with Gasteiger partial charge in [0, 0.05) is 24.9 Å². The van der Waals surface area contributed by atoms with Gasteiger partial charge in [0.15, 0.2) is 0 Å². The standard InChI is InChI=1S/C9H13NO3/c1-13-9(12)10-6-2-3-7(10)5-8(11)4-6/h6-7H,2-5H2,1H3/t6-,7-/m0/s1. The zero-order valence-corrected chi connectivity index (χ0v) is 7.66. The molecular formula is C9H13NO3. The van der Waals surface area contributed by atoms with Crippen molar-refractivity contribution in [3.05, 3.63) is 0 Å². The van der Waals surface area contributed by atoms with Crippen molar-refractivity contribution in [2.45, 2.75) is 37.8 Å². The molecule has 1 amide bonds. The molecule has 0 N–H and O–H groups in total. The highest BCUT2D eigenvalue weighted by atomic mass is 16.5. The summed E-state index contributed by atoms with van der Waals surface area (Å²) >= 11 is 0. The fraction of sp³-hybridized carbons (Fsp3) is 0.778. The van der Waals surface area contributed by atoms with Gasteiger partial charge in [0.1, 0.15) is 5.78 Å². The zero-order chi connectivity index (χ0) is 9.42. The molecule has 13 heavy (non-hydrogen) atoms. The van der Waals surface area contributed by atoms with E-state index in [1.165, 1.54) is 7.11 Å². The number of rotatable bonds is 0. The van der Waals surface area contributed by atoms with E-state index < -0.39 is 0 Å². The molecule has 0 aromatic rings. The van der Waals surface area contributed by atoms with Crippen LogP contribution in [0.25, 0.3) is 0 Å². The molecule has 2 aliphatic heterocycles. The van der Waals surface area contributed by atoms with E-state index in [4.69, 9.17) is 0 Å². The summed E-state index contributed by atoms with van der Waals surface area (Å²) in [7, 11) is 1.39. The first-order valence-electron chi connectivity index (χ1n) is 4.60. The van der Waals surface area contributed by atoms with E-state index in [0.717, 1.165) is 12.8 Å². The fourth-order valence-corrected chi connectivity index (χ4v) is 2.37. The topological polar surface area (TPSA) is 46.6 Å². The third kappa shape index (κ3) is 1.30. The number of hydrogen-bond acceptors (Lipinski definition) is 3. The Balaban J connectivity index is 2.14. The van der Waals surface area contributed by atoms with E-state index in [1.807, 2.05) is 0 Å². The first-order chi connectivity index (χ1) is 6.22. The van der Waals surface area contributed by atoms with Gasteiger partial charge in [-0.3, -0.25) is 4.79 Å².